The molecule has 0 bridgehead atoms. The van der Waals surface area contributed by atoms with Gasteiger partial charge >= 0.3 is 6.18 Å². The van der Waals surface area contributed by atoms with Crippen LogP contribution >= 0.6 is 0 Å². The Morgan fingerprint density at radius 3 is 2.56 bits per heavy atom. The van der Waals surface area contributed by atoms with Crippen molar-refractivity contribution in [3.8, 4) is 0 Å². The van der Waals surface area contributed by atoms with Crippen LogP contribution in [0.25, 0.3) is 0 Å². The molecule has 0 radical (unpaired) electrons. The Morgan fingerprint density at radius 2 is 2.00 bits per heavy atom. The van der Waals surface area contributed by atoms with E-state index in [-0.39, 0.29) is 24.6 Å². The van der Waals surface area contributed by atoms with Crippen molar-refractivity contribution in [2.75, 3.05) is 18.9 Å². The summed E-state index contributed by atoms with van der Waals surface area (Å²) in [4.78, 5) is 10.9. The van der Waals surface area contributed by atoms with Gasteiger partial charge < -0.3 is 10.6 Å². The summed E-state index contributed by atoms with van der Waals surface area (Å²) < 4.78 is 50.4. The molecule has 0 heterocycles. The second kappa shape index (κ2) is 5.70. The van der Waals surface area contributed by atoms with Gasteiger partial charge in [-0.1, -0.05) is 0 Å². The lowest BCUT2D eigenvalue weighted by Crippen LogP contribution is -2.21. The molecule has 1 aromatic carbocycles. The zero-order valence-corrected chi connectivity index (χ0v) is 9.57. The second-order valence-electron chi connectivity index (χ2n) is 3.54. The van der Waals surface area contributed by atoms with Gasteiger partial charge in [0, 0.05) is 20.0 Å². The number of rotatable bonds is 4. The van der Waals surface area contributed by atoms with Crippen molar-refractivity contribution in [3.05, 3.63) is 29.6 Å². The number of nitrogens with one attached hydrogen (secondary N) is 2. The van der Waals surface area contributed by atoms with Crippen molar-refractivity contribution in [2.45, 2.75) is 12.6 Å². The average Bonchev–Trinajstić information content (AvgIpc) is 2.29. The first-order valence-corrected chi connectivity index (χ1v) is 5.16. The van der Waals surface area contributed by atoms with Gasteiger partial charge in [0.2, 0.25) is 5.91 Å². The summed E-state index contributed by atoms with van der Waals surface area (Å²) in [6.07, 6.45) is -4.48. The van der Waals surface area contributed by atoms with E-state index in [0.29, 0.717) is 12.1 Å². The molecule has 0 spiro atoms. The van der Waals surface area contributed by atoms with Crippen molar-refractivity contribution in [3.63, 3.8) is 0 Å². The molecular weight excluding hydrogens is 252 g/mol. The standard InChI is InChI=1S/C11H12F4N2O/c1-16-10(18)4-5-17-9-6-7(11(13,14)15)2-3-8(9)12/h2-3,6,17H,4-5H2,1H3,(H,16,18). The maximum atomic E-state index is 13.2. The van der Waals surface area contributed by atoms with E-state index in [2.05, 4.69) is 10.6 Å². The molecule has 0 unspecified atom stereocenters. The fourth-order valence-corrected chi connectivity index (χ4v) is 1.27. The third kappa shape index (κ3) is 3.90. The molecule has 1 rings (SSSR count). The highest BCUT2D eigenvalue weighted by atomic mass is 19.4. The Kier molecular flexibility index (Phi) is 4.52. The predicted octanol–water partition coefficient (Wildman–Crippen LogP) is 2.39. The van der Waals surface area contributed by atoms with E-state index in [4.69, 9.17) is 0 Å². The molecule has 2 N–H and O–H groups in total. The monoisotopic (exact) mass is 264 g/mol. The highest BCUT2D eigenvalue weighted by Gasteiger charge is 2.31. The van der Waals surface area contributed by atoms with Crippen LogP contribution < -0.4 is 10.6 Å². The molecule has 0 atom stereocenters. The van der Waals surface area contributed by atoms with Crippen molar-refractivity contribution in [1.29, 1.82) is 0 Å². The van der Waals surface area contributed by atoms with Gasteiger partial charge in [-0.3, -0.25) is 4.79 Å². The van der Waals surface area contributed by atoms with Crippen molar-refractivity contribution in [2.24, 2.45) is 0 Å². The average molecular weight is 264 g/mol. The van der Waals surface area contributed by atoms with Crippen LogP contribution in [0.15, 0.2) is 18.2 Å². The molecule has 100 valence electrons. The summed E-state index contributed by atoms with van der Waals surface area (Å²) in [7, 11) is 1.44. The van der Waals surface area contributed by atoms with Gasteiger partial charge in [0.1, 0.15) is 5.82 Å². The first-order chi connectivity index (χ1) is 8.34. The maximum absolute atomic E-state index is 13.2. The molecular formula is C11H12F4N2O. The molecule has 0 aromatic heterocycles. The van der Waals surface area contributed by atoms with Crippen LogP contribution in [0, 0.1) is 5.82 Å². The molecule has 0 saturated heterocycles. The predicted molar refractivity (Wildman–Crippen MR) is 58.6 cm³/mol. The topological polar surface area (TPSA) is 41.1 Å². The van der Waals surface area contributed by atoms with Gasteiger partial charge in [-0.15, -0.1) is 0 Å². The minimum atomic E-state index is -4.52. The summed E-state index contributed by atoms with van der Waals surface area (Å²) in [5.41, 5.74) is -1.21. The molecule has 7 heteroatoms. The molecule has 0 aliphatic carbocycles. The first kappa shape index (κ1) is 14.3. The van der Waals surface area contributed by atoms with Crippen LogP contribution in [0.1, 0.15) is 12.0 Å². The minimum Gasteiger partial charge on any atom is -0.382 e. The van der Waals surface area contributed by atoms with E-state index in [1.54, 1.807) is 0 Å². The number of alkyl halides is 3. The van der Waals surface area contributed by atoms with E-state index in [1.807, 2.05) is 0 Å². The lowest BCUT2D eigenvalue weighted by molar-refractivity contribution is -0.137. The Morgan fingerprint density at radius 1 is 1.33 bits per heavy atom. The SMILES string of the molecule is CNC(=O)CCNc1cc(C(F)(F)F)ccc1F. The van der Waals surface area contributed by atoms with Crippen molar-refractivity contribution < 1.29 is 22.4 Å². The smallest absolute Gasteiger partial charge is 0.382 e. The molecule has 0 fully saturated rings. The minimum absolute atomic E-state index is 0.0478. The fraction of sp³-hybridized carbons (Fsp3) is 0.364. The van der Waals surface area contributed by atoms with Crippen LogP contribution in [0.2, 0.25) is 0 Å². The molecule has 18 heavy (non-hydrogen) atoms. The van der Waals surface area contributed by atoms with Gasteiger partial charge in [0.15, 0.2) is 0 Å². The number of halogens is 4. The van der Waals surface area contributed by atoms with E-state index in [0.717, 1.165) is 6.07 Å². The molecule has 0 aliphatic rings. The highest BCUT2D eigenvalue weighted by Crippen LogP contribution is 2.31. The van der Waals surface area contributed by atoms with Crippen LogP contribution in [-0.4, -0.2) is 19.5 Å². The Labute approximate surface area is 101 Å². The maximum Gasteiger partial charge on any atom is 0.416 e. The quantitative estimate of drug-likeness (QED) is 0.820. The normalized spacial score (nSPS) is 11.2. The number of benzene rings is 1. The summed E-state index contributed by atoms with van der Waals surface area (Å²) in [5, 5.41) is 4.80. The highest BCUT2D eigenvalue weighted by molar-refractivity contribution is 5.76. The zero-order valence-electron chi connectivity index (χ0n) is 9.57. The molecule has 1 amide bonds. The van der Waals surface area contributed by atoms with E-state index in [1.165, 1.54) is 7.05 Å². The van der Waals surface area contributed by atoms with Crippen molar-refractivity contribution in [1.82, 2.24) is 5.32 Å². The van der Waals surface area contributed by atoms with E-state index < -0.39 is 17.6 Å². The summed E-state index contributed by atoms with van der Waals surface area (Å²) in [5.74, 6) is -1.07. The summed E-state index contributed by atoms with van der Waals surface area (Å²) in [6, 6.07) is 2.09. The Balaban J connectivity index is 2.73. The number of hydrogen-bond donors (Lipinski definition) is 2. The summed E-state index contributed by atoms with van der Waals surface area (Å²) >= 11 is 0. The lowest BCUT2D eigenvalue weighted by atomic mass is 10.2. The van der Waals surface area contributed by atoms with Gasteiger partial charge in [0.05, 0.1) is 11.3 Å². The molecule has 0 aliphatic heterocycles. The van der Waals surface area contributed by atoms with Gasteiger partial charge in [-0.2, -0.15) is 13.2 Å². The van der Waals surface area contributed by atoms with Crippen LogP contribution in [0.3, 0.4) is 0 Å². The third-order valence-corrected chi connectivity index (χ3v) is 2.24. The fourth-order valence-electron chi connectivity index (χ4n) is 1.27. The number of amides is 1. The second-order valence-corrected chi connectivity index (χ2v) is 3.54. The lowest BCUT2D eigenvalue weighted by Gasteiger charge is -2.11. The van der Waals surface area contributed by atoms with Crippen LogP contribution in [0.4, 0.5) is 23.2 Å². The molecule has 0 saturated carbocycles. The number of carbonyl (C=O) groups is 1. The van der Waals surface area contributed by atoms with Crippen molar-refractivity contribution >= 4 is 11.6 Å². The van der Waals surface area contributed by atoms with Gasteiger partial charge in [-0.25, -0.2) is 4.39 Å². The molecule has 1 aromatic rings. The Bertz CT molecular complexity index is 432. The molecule has 3 nitrogen and oxygen atoms in total. The summed E-state index contributed by atoms with van der Waals surface area (Å²) in [6.45, 7) is 0.0535. The van der Waals surface area contributed by atoms with Gasteiger partial charge in [-0.05, 0) is 18.2 Å². The Hall–Kier alpha value is -1.79. The first-order valence-electron chi connectivity index (χ1n) is 5.16. The number of carbonyl (C=O) groups excluding carboxylic acids is 1. The van der Waals surface area contributed by atoms with Crippen LogP contribution in [-0.2, 0) is 11.0 Å². The third-order valence-electron chi connectivity index (χ3n) is 2.24. The largest absolute Gasteiger partial charge is 0.416 e. The van der Waals surface area contributed by atoms with Gasteiger partial charge in [0.25, 0.3) is 0 Å². The number of hydrogen-bond acceptors (Lipinski definition) is 2. The number of anilines is 1. The van der Waals surface area contributed by atoms with Crippen LogP contribution in [0.5, 0.6) is 0 Å². The van der Waals surface area contributed by atoms with E-state index >= 15 is 0 Å². The van der Waals surface area contributed by atoms with E-state index in [9.17, 15) is 22.4 Å². The zero-order chi connectivity index (χ0) is 13.8.